The van der Waals surface area contributed by atoms with E-state index in [9.17, 15) is 0 Å². The molecule has 0 radical (unpaired) electrons. The van der Waals surface area contributed by atoms with Crippen molar-refractivity contribution < 1.29 is 9.84 Å². The molecule has 0 unspecified atom stereocenters. The molecule has 1 aromatic carbocycles. The lowest BCUT2D eigenvalue weighted by Gasteiger charge is -2.26. The van der Waals surface area contributed by atoms with Gasteiger partial charge >= 0.3 is 0 Å². The van der Waals surface area contributed by atoms with E-state index in [0.717, 1.165) is 30.8 Å². The summed E-state index contributed by atoms with van der Waals surface area (Å²) in [5.74, 6) is 6.84. The summed E-state index contributed by atoms with van der Waals surface area (Å²) in [5, 5.41) is 8.82. The summed E-state index contributed by atoms with van der Waals surface area (Å²) in [4.78, 5) is 2.45. The van der Waals surface area contributed by atoms with E-state index in [1.165, 1.54) is 5.56 Å². The Morgan fingerprint density at radius 1 is 1.33 bits per heavy atom. The van der Waals surface area contributed by atoms with Crippen LogP contribution in [0.3, 0.4) is 0 Å². The lowest BCUT2D eigenvalue weighted by molar-refractivity contribution is 0.213. The number of ether oxygens (including phenoxy) is 1. The van der Waals surface area contributed by atoms with Crippen LogP contribution in [-0.4, -0.2) is 36.3 Å². The van der Waals surface area contributed by atoms with Gasteiger partial charge in [0.25, 0.3) is 0 Å². The van der Waals surface area contributed by atoms with Gasteiger partial charge in [-0.05, 0) is 44.5 Å². The van der Waals surface area contributed by atoms with Gasteiger partial charge < -0.3 is 9.84 Å². The van der Waals surface area contributed by atoms with Gasteiger partial charge in [0.2, 0.25) is 0 Å². The fourth-order valence-corrected chi connectivity index (χ4v) is 2.21. The van der Waals surface area contributed by atoms with Gasteiger partial charge in [0.05, 0.1) is 19.3 Å². The molecule has 1 N–H and O–H groups in total. The molecule has 0 saturated carbocycles. The van der Waals surface area contributed by atoms with Gasteiger partial charge in [-0.25, -0.2) is 0 Å². The van der Waals surface area contributed by atoms with Gasteiger partial charge in [-0.3, -0.25) is 4.90 Å². The van der Waals surface area contributed by atoms with Crippen LogP contribution in [0.4, 0.5) is 0 Å². The van der Waals surface area contributed by atoms with Crippen molar-refractivity contribution in [2.45, 2.75) is 46.2 Å². The molecule has 3 heteroatoms. The largest absolute Gasteiger partial charge is 0.495 e. The van der Waals surface area contributed by atoms with Crippen LogP contribution < -0.4 is 4.74 Å². The van der Waals surface area contributed by atoms with Crippen LogP contribution in [0.25, 0.3) is 0 Å². The normalized spacial score (nSPS) is 10.6. The number of aliphatic hydroxyl groups excluding tert-OH is 1. The lowest BCUT2D eigenvalue weighted by Crippen LogP contribution is -2.31. The Bertz CT molecular complexity index is 486. The van der Waals surface area contributed by atoms with Crippen LogP contribution in [0.15, 0.2) is 18.2 Å². The van der Waals surface area contributed by atoms with Crippen molar-refractivity contribution in [1.82, 2.24) is 4.90 Å². The highest BCUT2D eigenvalue weighted by atomic mass is 16.5. The van der Waals surface area contributed by atoms with E-state index < -0.39 is 0 Å². The molecule has 0 aromatic heterocycles. The summed E-state index contributed by atoms with van der Waals surface area (Å²) >= 11 is 0. The van der Waals surface area contributed by atoms with E-state index >= 15 is 0 Å². The molecular weight excluding hydrogens is 262 g/mol. The fourth-order valence-electron chi connectivity index (χ4n) is 2.21. The van der Waals surface area contributed by atoms with E-state index in [2.05, 4.69) is 49.6 Å². The minimum Gasteiger partial charge on any atom is -0.495 e. The van der Waals surface area contributed by atoms with Gasteiger partial charge in [-0.1, -0.05) is 24.8 Å². The van der Waals surface area contributed by atoms with Crippen LogP contribution in [-0.2, 0) is 6.54 Å². The van der Waals surface area contributed by atoms with Crippen LogP contribution in [0.5, 0.6) is 5.75 Å². The average Bonchev–Trinajstić information content (AvgIpc) is 2.47. The topological polar surface area (TPSA) is 32.7 Å². The zero-order valence-electron chi connectivity index (χ0n) is 13.6. The Balaban J connectivity index is 2.94. The summed E-state index contributed by atoms with van der Waals surface area (Å²) in [5.41, 5.74) is 2.13. The molecule has 0 spiro atoms. The number of aliphatic hydroxyl groups is 1. The first-order chi connectivity index (χ1) is 10.1. The van der Waals surface area contributed by atoms with Crippen LogP contribution in [0.1, 0.15) is 44.7 Å². The predicted octanol–water partition coefficient (Wildman–Crippen LogP) is 3.05. The van der Waals surface area contributed by atoms with Crippen molar-refractivity contribution in [3.05, 3.63) is 29.3 Å². The number of hydrogen-bond acceptors (Lipinski definition) is 3. The molecule has 116 valence electrons. The standard InChI is InChI=1S/C18H27NO2/c1-5-11-19(15(2)3)14-16-9-10-18(21-4)17(13-16)8-6-7-12-20/h9-10,13,15,20H,5,7,11-12,14H2,1-4H3. The molecule has 21 heavy (non-hydrogen) atoms. The summed E-state index contributed by atoms with van der Waals surface area (Å²) in [6, 6.07) is 6.69. The summed E-state index contributed by atoms with van der Waals surface area (Å²) in [6.45, 7) is 8.75. The van der Waals surface area contributed by atoms with E-state index in [0.29, 0.717) is 12.5 Å². The Morgan fingerprint density at radius 2 is 2.10 bits per heavy atom. The Hall–Kier alpha value is -1.50. The SMILES string of the molecule is CCCN(Cc1ccc(OC)c(C#CCCO)c1)C(C)C. The van der Waals surface area contributed by atoms with Gasteiger partial charge in [-0.15, -0.1) is 0 Å². The lowest BCUT2D eigenvalue weighted by atomic mass is 10.1. The molecule has 1 rings (SSSR count). The molecule has 0 atom stereocenters. The van der Waals surface area contributed by atoms with E-state index in [-0.39, 0.29) is 6.61 Å². The highest BCUT2D eigenvalue weighted by Gasteiger charge is 2.10. The Labute approximate surface area is 128 Å². The predicted molar refractivity (Wildman–Crippen MR) is 87.4 cm³/mol. The second-order valence-corrected chi connectivity index (χ2v) is 5.37. The summed E-state index contributed by atoms with van der Waals surface area (Å²) in [6.07, 6.45) is 1.64. The van der Waals surface area contributed by atoms with Gasteiger partial charge in [0.15, 0.2) is 0 Å². The third-order valence-electron chi connectivity index (χ3n) is 3.35. The average molecular weight is 289 g/mol. The molecule has 0 fully saturated rings. The zero-order valence-corrected chi connectivity index (χ0v) is 13.6. The molecule has 3 nitrogen and oxygen atoms in total. The molecule has 0 amide bonds. The van der Waals surface area contributed by atoms with Gasteiger partial charge in [0, 0.05) is 19.0 Å². The summed E-state index contributed by atoms with van der Waals surface area (Å²) < 4.78 is 5.35. The second kappa shape index (κ2) is 9.44. The van der Waals surface area contributed by atoms with Crippen molar-refractivity contribution in [2.75, 3.05) is 20.3 Å². The third-order valence-corrected chi connectivity index (χ3v) is 3.35. The van der Waals surface area contributed by atoms with Crippen molar-refractivity contribution in [1.29, 1.82) is 0 Å². The molecule has 0 heterocycles. The van der Waals surface area contributed by atoms with Crippen LogP contribution in [0.2, 0.25) is 0 Å². The minimum absolute atomic E-state index is 0.0899. The van der Waals surface area contributed by atoms with E-state index in [1.54, 1.807) is 7.11 Å². The molecular formula is C18H27NO2. The van der Waals surface area contributed by atoms with E-state index in [4.69, 9.17) is 9.84 Å². The maximum absolute atomic E-state index is 8.82. The van der Waals surface area contributed by atoms with Crippen molar-refractivity contribution >= 4 is 0 Å². The number of hydrogen-bond donors (Lipinski definition) is 1. The van der Waals surface area contributed by atoms with E-state index in [1.807, 2.05) is 6.07 Å². The molecule has 0 aliphatic heterocycles. The number of nitrogens with zero attached hydrogens (tertiary/aromatic N) is 1. The molecule has 0 saturated heterocycles. The minimum atomic E-state index is 0.0899. The molecule has 0 aliphatic carbocycles. The highest BCUT2D eigenvalue weighted by molar-refractivity contribution is 5.48. The first-order valence-electron chi connectivity index (χ1n) is 7.63. The Kier molecular flexibility index (Phi) is 7.89. The quantitative estimate of drug-likeness (QED) is 0.783. The zero-order chi connectivity index (χ0) is 15.7. The number of methoxy groups -OCH3 is 1. The summed E-state index contributed by atoms with van der Waals surface area (Å²) in [7, 11) is 1.66. The molecule has 1 aromatic rings. The van der Waals surface area contributed by atoms with Crippen molar-refractivity contribution in [3.8, 4) is 17.6 Å². The van der Waals surface area contributed by atoms with Gasteiger partial charge in [-0.2, -0.15) is 0 Å². The fraction of sp³-hybridized carbons (Fsp3) is 0.556. The third kappa shape index (κ3) is 5.79. The number of rotatable bonds is 7. The van der Waals surface area contributed by atoms with Gasteiger partial charge in [0.1, 0.15) is 5.75 Å². The van der Waals surface area contributed by atoms with Crippen molar-refractivity contribution in [3.63, 3.8) is 0 Å². The number of benzene rings is 1. The second-order valence-electron chi connectivity index (χ2n) is 5.37. The van der Waals surface area contributed by atoms with Crippen LogP contribution in [0, 0.1) is 11.8 Å². The maximum atomic E-state index is 8.82. The maximum Gasteiger partial charge on any atom is 0.134 e. The highest BCUT2D eigenvalue weighted by Crippen LogP contribution is 2.20. The van der Waals surface area contributed by atoms with Crippen molar-refractivity contribution in [2.24, 2.45) is 0 Å². The monoisotopic (exact) mass is 289 g/mol. The first kappa shape index (κ1) is 17.6. The first-order valence-corrected chi connectivity index (χ1v) is 7.63. The molecule has 0 aliphatic rings. The molecule has 0 bridgehead atoms. The van der Waals surface area contributed by atoms with Crippen LogP contribution >= 0.6 is 0 Å². The smallest absolute Gasteiger partial charge is 0.134 e. The Morgan fingerprint density at radius 3 is 2.67 bits per heavy atom.